The first-order valence-corrected chi connectivity index (χ1v) is 8.87. The summed E-state index contributed by atoms with van der Waals surface area (Å²) in [7, 11) is 0. The number of hydrogen-bond acceptors (Lipinski definition) is 6. The van der Waals surface area contributed by atoms with Gasteiger partial charge in [-0.05, 0) is 29.8 Å². The van der Waals surface area contributed by atoms with Gasteiger partial charge in [-0.15, -0.1) is 0 Å². The molecule has 1 aliphatic heterocycles. The number of carbonyl (C=O) groups excluding carboxylic acids is 1. The normalized spacial score (nSPS) is 14.4. The summed E-state index contributed by atoms with van der Waals surface area (Å²) in [6.45, 7) is 2.47. The van der Waals surface area contributed by atoms with E-state index in [4.69, 9.17) is 4.42 Å². The van der Waals surface area contributed by atoms with Gasteiger partial charge in [-0.2, -0.15) is 0 Å². The zero-order chi connectivity index (χ0) is 18.6. The van der Waals surface area contributed by atoms with Crippen molar-refractivity contribution in [1.82, 2.24) is 14.9 Å². The summed E-state index contributed by atoms with van der Waals surface area (Å²) in [6.07, 6.45) is 4.66. The predicted octanol–water partition coefficient (Wildman–Crippen LogP) is 2.63. The molecule has 1 aromatic carbocycles. The topological polar surface area (TPSA) is 91.5 Å². The molecule has 1 aliphatic rings. The summed E-state index contributed by atoms with van der Waals surface area (Å²) in [4.78, 5) is 23.0. The molecule has 0 bridgehead atoms. The third kappa shape index (κ3) is 4.15. The van der Waals surface area contributed by atoms with Crippen LogP contribution in [0.25, 0.3) is 0 Å². The summed E-state index contributed by atoms with van der Waals surface area (Å²) in [5.41, 5.74) is 2.60. The zero-order valence-corrected chi connectivity index (χ0v) is 14.8. The Morgan fingerprint density at radius 2 is 2.00 bits per heavy atom. The lowest BCUT2D eigenvalue weighted by molar-refractivity contribution is 0.0988. The summed E-state index contributed by atoms with van der Waals surface area (Å²) < 4.78 is 5.73. The molecule has 138 valence electrons. The van der Waals surface area contributed by atoms with Gasteiger partial charge in [0, 0.05) is 38.7 Å². The molecular formula is C20H20N4O3. The van der Waals surface area contributed by atoms with E-state index < -0.39 is 0 Å². The highest BCUT2D eigenvalue weighted by Crippen LogP contribution is 2.20. The average molecular weight is 364 g/mol. The molecule has 2 aromatic heterocycles. The Labute approximate surface area is 156 Å². The average Bonchev–Trinajstić information content (AvgIpc) is 3.01. The molecule has 0 unspecified atom stereocenters. The van der Waals surface area contributed by atoms with E-state index in [0.717, 1.165) is 43.1 Å². The van der Waals surface area contributed by atoms with Crippen LogP contribution in [-0.2, 0) is 19.4 Å². The molecule has 0 fully saturated rings. The molecule has 0 spiro atoms. The van der Waals surface area contributed by atoms with Crippen LogP contribution in [0.3, 0.4) is 0 Å². The maximum Gasteiger partial charge on any atom is 0.311 e. The van der Waals surface area contributed by atoms with Crippen molar-refractivity contribution in [3.63, 3.8) is 0 Å². The molecule has 0 saturated heterocycles. The molecule has 0 radical (unpaired) electrons. The highest BCUT2D eigenvalue weighted by molar-refractivity contribution is 6.00. The highest BCUT2D eigenvalue weighted by atomic mass is 16.4. The standard InChI is InChI=1S/C20H20N4O3/c25-16-5-3-14(4-6-16)13-24-10-7-17-18(8-11-24)27-20(23-17)19(26)22-15-2-1-9-21-12-15/h1-6,9,12,25H,7-8,10-11,13H2,(H,22,26). The van der Waals surface area contributed by atoms with E-state index in [2.05, 4.69) is 20.2 Å². The van der Waals surface area contributed by atoms with Gasteiger partial charge in [-0.1, -0.05) is 12.1 Å². The van der Waals surface area contributed by atoms with Crippen LogP contribution < -0.4 is 5.32 Å². The van der Waals surface area contributed by atoms with E-state index in [0.29, 0.717) is 12.1 Å². The van der Waals surface area contributed by atoms with Crippen molar-refractivity contribution in [3.05, 3.63) is 71.7 Å². The van der Waals surface area contributed by atoms with Crippen LogP contribution in [0.4, 0.5) is 5.69 Å². The van der Waals surface area contributed by atoms with Crippen LogP contribution in [0.2, 0.25) is 0 Å². The lowest BCUT2D eigenvalue weighted by atomic mass is 10.2. The minimum atomic E-state index is -0.364. The number of hydrogen-bond donors (Lipinski definition) is 2. The van der Waals surface area contributed by atoms with Crippen molar-refractivity contribution in [3.8, 4) is 5.75 Å². The molecule has 0 aliphatic carbocycles. The molecule has 1 amide bonds. The Kier molecular flexibility index (Phi) is 4.84. The van der Waals surface area contributed by atoms with E-state index in [1.165, 1.54) is 0 Å². The minimum Gasteiger partial charge on any atom is -0.508 e. The summed E-state index contributed by atoms with van der Waals surface area (Å²) in [6, 6.07) is 10.8. The van der Waals surface area contributed by atoms with Crippen molar-refractivity contribution in [2.24, 2.45) is 0 Å². The molecule has 27 heavy (non-hydrogen) atoms. The minimum absolute atomic E-state index is 0.0934. The van der Waals surface area contributed by atoms with E-state index in [1.54, 1.807) is 36.7 Å². The Bertz CT molecular complexity index is 897. The van der Waals surface area contributed by atoms with Crippen LogP contribution in [0.1, 0.15) is 27.7 Å². The molecule has 2 N–H and O–H groups in total. The van der Waals surface area contributed by atoms with Crippen molar-refractivity contribution in [1.29, 1.82) is 0 Å². The molecule has 3 aromatic rings. The number of phenolic OH excluding ortho intramolecular Hbond substituents is 1. The fourth-order valence-corrected chi connectivity index (χ4v) is 3.15. The van der Waals surface area contributed by atoms with Gasteiger partial charge in [0.2, 0.25) is 0 Å². The van der Waals surface area contributed by atoms with Gasteiger partial charge >= 0.3 is 5.91 Å². The summed E-state index contributed by atoms with van der Waals surface area (Å²) >= 11 is 0. The van der Waals surface area contributed by atoms with Crippen LogP contribution in [0.5, 0.6) is 5.75 Å². The lowest BCUT2D eigenvalue weighted by Crippen LogP contribution is -2.26. The summed E-state index contributed by atoms with van der Waals surface area (Å²) in [5, 5.41) is 12.1. The van der Waals surface area contributed by atoms with Crippen molar-refractivity contribution < 1.29 is 14.3 Å². The largest absolute Gasteiger partial charge is 0.508 e. The molecular weight excluding hydrogens is 344 g/mol. The molecule has 3 heterocycles. The second-order valence-corrected chi connectivity index (χ2v) is 6.53. The maximum atomic E-state index is 12.3. The number of pyridine rings is 1. The third-order valence-corrected chi connectivity index (χ3v) is 4.55. The van der Waals surface area contributed by atoms with Gasteiger partial charge in [-0.3, -0.25) is 14.7 Å². The predicted molar refractivity (Wildman–Crippen MR) is 99.5 cm³/mol. The van der Waals surface area contributed by atoms with E-state index in [9.17, 15) is 9.90 Å². The number of amides is 1. The number of rotatable bonds is 4. The number of aromatic hydroxyl groups is 1. The molecule has 7 heteroatoms. The zero-order valence-electron chi connectivity index (χ0n) is 14.8. The van der Waals surface area contributed by atoms with Crippen molar-refractivity contribution in [2.75, 3.05) is 18.4 Å². The van der Waals surface area contributed by atoms with Gasteiger partial charge in [0.25, 0.3) is 5.89 Å². The second kappa shape index (κ2) is 7.59. The fourth-order valence-electron chi connectivity index (χ4n) is 3.15. The number of phenols is 1. The van der Waals surface area contributed by atoms with Crippen LogP contribution in [0.15, 0.2) is 53.2 Å². The molecule has 4 rings (SSSR count). The van der Waals surface area contributed by atoms with Crippen molar-refractivity contribution in [2.45, 2.75) is 19.4 Å². The number of fused-ring (bicyclic) bond motifs is 1. The van der Waals surface area contributed by atoms with Crippen LogP contribution in [0, 0.1) is 0 Å². The Hall–Kier alpha value is -3.19. The van der Waals surface area contributed by atoms with Crippen LogP contribution >= 0.6 is 0 Å². The second-order valence-electron chi connectivity index (χ2n) is 6.53. The third-order valence-electron chi connectivity index (χ3n) is 4.55. The maximum absolute atomic E-state index is 12.3. The number of anilines is 1. The van der Waals surface area contributed by atoms with Gasteiger partial charge in [0.15, 0.2) is 0 Å². The smallest absolute Gasteiger partial charge is 0.311 e. The number of aromatic nitrogens is 2. The van der Waals surface area contributed by atoms with E-state index >= 15 is 0 Å². The van der Waals surface area contributed by atoms with Gasteiger partial charge in [0.1, 0.15) is 11.5 Å². The number of oxazole rings is 1. The number of carbonyl (C=O) groups is 1. The molecule has 7 nitrogen and oxygen atoms in total. The van der Waals surface area contributed by atoms with E-state index in [1.807, 2.05) is 12.1 Å². The van der Waals surface area contributed by atoms with Crippen LogP contribution in [-0.4, -0.2) is 39.0 Å². The number of benzene rings is 1. The number of nitrogens with zero attached hydrogens (tertiary/aromatic N) is 3. The first-order valence-electron chi connectivity index (χ1n) is 8.87. The molecule has 0 atom stereocenters. The van der Waals surface area contributed by atoms with Gasteiger partial charge in [0.05, 0.1) is 17.6 Å². The Morgan fingerprint density at radius 1 is 1.19 bits per heavy atom. The monoisotopic (exact) mass is 364 g/mol. The Balaban J connectivity index is 1.39. The van der Waals surface area contributed by atoms with E-state index in [-0.39, 0.29) is 17.5 Å². The van der Waals surface area contributed by atoms with Gasteiger partial charge < -0.3 is 14.8 Å². The van der Waals surface area contributed by atoms with Crippen molar-refractivity contribution >= 4 is 11.6 Å². The lowest BCUT2D eigenvalue weighted by Gasteiger charge is -2.19. The highest BCUT2D eigenvalue weighted by Gasteiger charge is 2.23. The SMILES string of the molecule is O=C(Nc1cccnc1)c1nc2c(o1)CCN(Cc1ccc(O)cc1)CC2. The quantitative estimate of drug-likeness (QED) is 0.739. The van der Waals surface area contributed by atoms with Gasteiger partial charge in [-0.25, -0.2) is 4.98 Å². The number of nitrogens with one attached hydrogen (secondary N) is 1. The first kappa shape index (κ1) is 17.2. The fraction of sp³-hybridized carbons (Fsp3) is 0.250. The molecule has 0 saturated carbocycles. The Morgan fingerprint density at radius 3 is 2.78 bits per heavy atom. The summed E-state index contributed by atoms with van der Waals surface area (Å²) in [5.74, 6) is 0.780. The first-order chi connectivity index (χ1) is 13.2.